The largest absolute Gasteiger partial charge is 0.477 e. The molecule has 106 valence electrons. The van der Waals surface area contributed by atoms with E-state index in [0.29, 0.717) is 6.42 Å². The van der Waals surface area contributed by atoms with Crippen molar-refractivity contribution in [1.82, 2.24) is 4.31 Å². The maximum Gasteiger partial charge on any atom is 0.345 e. The Kier molecular flexibility index (Phi) is 3.95. The average molecular weight is 305 g/mol. The van der Waals surface area contributed by atoms with Crippen LogP contribution in [0, 0.1) is 5.92 Å². The van der Waals surface area contributed by atoms with Gasteiger partial charge in [0, 0.05) is 18.5 Å². The van der Waals surface area contributed by atoms with E-state index in [0.717, 1.165) is 11.3 Å². The Hall–Kier alpha value is -0.960. The Morgan fingerprint density at radius 3 is 2.74 bits per heavy atom. The van der Waals surface area contributed by atoms with Gasteiger partial charge in [0.2, 0.25) is 10.0 Å². The van der Waals surface area contributed by atoms with Gasteiger partial charge in [0.15, 0.2) is 0 Å². The highest BCUT2D eigenvalue weighted by atomic mass is 32.2. The Labute approximate surface area is 115 Å². The van der Waals surface area contributed by atoms with E-state index in [1.807, 2.05) is 0 Å². The first-order chi connectivity index (χ1) is 8.82. The van der Waals surface area contributed by atoms with Crippen LogP contribution >= 0.6 is 11.3 Å². The highest BCUT2D eigenvalue weighted by Gasteiger charge is 2.33. The van der Waals surface area contributed by atoms with E-state index < -0.39 is 22.1 Å². The molecule has 1 aromatic rings. The minimum atomic E-state index is -3.66. The van der Waals surface area contributed by atoms with Crippen molar-refractivity contribution in [3.8, 4) is 0 Å². The number of carboxylic acid groups (broad SMARTS) is 1. The van der Waals surface area contributed by atoms with Crippen molar-refractivity contribution in [3.05, 3.63) is 16.3 Å². The maximum atomic E-state index is 12.3. The Bertz CT molecular complexity index is 580. The normalized spacial score (nSPS) is 25.4. The van der Waals surface area contributed by atoms with Crippen molar-refractivity contribution in [2.45, 2.75) is 24.3 Å². The van der Waals surface area contributed by atoms with E-state index in [-0.39, 0.29) is 28.8 Å². The highest BCUT2D eigenvalue weighted by Crippen LogP contribution is 2.26. The van der Waals surface area contributed by atoms with E-state index in [4.69, 9.17) is 5.11 Å². The molecule has 2 atom stereocenters. The number of aliphatic hydroxyl groups is 1. The van der Waals surface area contributed by atoms with Crippen LogP contribution < -0.4 is 0 Å². The zero-order chi connectivity index (χ0) is 14.2. The predicted molar refractivity (Wildman–Crippen MR) is 69.8 cm³/mol. The lowest BCUT2D eigenvalue weighted by Crippen LogP contribution is -2.44. The highest BCUT2D eigenvalue weighted by molar-refractivity contribution is 7.89. The molecule has 0 saturated carbocycles. The number of aliphatic hydroxyl groups excluding tert-OH is 1. The third kappa shape index (κ3) is 2.81. The molecule has 1 aromatic heterocycles. The zero-order valence-corrected chi connectivity index (χ0v) is 11.9. The van der Waals surface area contributed by atoms with Gasteiger partial charge in [0.05, 0.1) is 11.0 Å². The van der Waals surface area contributed by atoms with Crippen molar-refractivity contribution in [1.29, 1.82) is 0 Å². The molecule has 0 bridgehead atoms. The first kappa shape index (κ1) is 14.4. The summed E-state index contributed by atoms with van der Waals surface area (Å²) in [4.78, 5) is 10.8. The Morgan fingerprint density at radius 1 is 1.53 bits per heavy atom. The average Bonchev–Trinajstić information content (AvgIpc) is 2.82. The van der Waals surface area contributed by atoms with Crippen molar-refractivity contribution in [2.24, 2.45) is 5.92 Å². The fourth-order valence-corrected chi connectivity index (χ4v) is 4.68. The van der Waals surface area contributed by atoms with Crippen molar-refractivity contribution < 1.29 is 23.4 Å². The number of sulfonamides is 1. The lowest BCUT2D eigenvalue weighted by molar-refractivity contribution is 0.0628. The number of thiophene rings is 1. The first-order valence-electron chi connectivity index (χ1n) is 5.82. The van der Waals surface area contributed by atoms with Gasteiger partial charge >= 0.3 is 5.97 Å². The molecule has 2 heterocycles. The van der Waals surface area contributed by atoms with Gasteiger partial charge in [-0.15, -0.1) is 11.3 Å². The topological polar surface area (TPSA) is 94.9 Å². The van der Waals surface area contributed by atoms with Crippen LogP contribution in [0.25, 0.3) is 0 Å². The van der Waals surface area contributed by atoms with E-state index in [1.165, 1.54) is 15.8 Å². The maximum absolute atomic E-state index is 12.3. The molecule has 19 heavy (non-hydrogen) atoms. The van der Waals surface area contributed by atoms with Crippen LogP contribution in [-0.4, -0.2) is 48.1 Å². The second-order valence-electron chi connectivity index (χ2n) is 4.65. The van der Waals surface area contributed by atoms with E-state index in [9.17, 15) is 18.3 Å². The molecule has 2 unspecified atom stereocenters. The van der Waals surface area contributed by atoms with Crippen LogP contribution in [-0.2, 0) is 10.0 Å². The molecule has 1 saturated heterocycles. The monoisotopic (exact) mass is 305 g/mol. The standard InChI is InChI=1S/C11H15NO5S2/c1-7-5-12(3-2-9(7)13)19(16,17)8-4-10(11(14)15)18-6-8/h4,6-7,9,13H,2-3,5H2,1H3,(H,14,15). The van der Waals surface area contributed by atoms with Gasteiger partial charge in [-0.25, -0.2) is 13.2 Å². The molecule has 6 nitrogen and oxygen atoms in total. The van der Waals surface area contributed by atoms with Crippen LogP contribution in [0.5, 0.6) is 0 Å². The van der Waals surface area contributed by atoms with Gasteiger partial charge in [0.1, 0.15) is 4.88 Å². The number of carbonyl (C=O) groups is 1. The van der Waals surface area contributed by atoms with Crippen LogP contribution in [0.4, 0.5) is 0 Å². The summed E-state index contributed by atoms with van der Waals surface area (Å²) < 4.78 is 26.0. The third-order valence-corrected chi connectivity index (χ3v) is 6.16. The fourth-order valence-electron chi connectivity index (χ4n) is 2.03. The van der Waals surface area contributed by atoms with E-state index in [1.54, 1.807) is 6.92 Å². The summed E-state index contributed by atoms with van der Waals surface area (Å²) in [5.74, 6) is -1.25. The smallest absolute Gasteiger partial charge is 0.345 e. The number of piperidine rings is 1. The molecule has 0 aromatic carbocycles. The summed E-state index contributed by atoms with van der Waals surface area (Å²) in [6.45, 7) is 2.30. The number of carboxylic acids is 1. The fraction of sp³-hybridized carbons (Fsp3) is 0.545. The van der Waals surface area contributed by atoms with Gasteiger partial charge < -0.3 is 10.2 Å². The first-order valence-corrected chi connectivity index (χ1v) is 8.14. The van der Waals surface area contributed by atoms with Gasteiger partial charge in [-0.3, -0.25) is 0 Å². The number of hydrogen-bond acceptors (Lipinski definition) is 5. The SMILES string of the molecule is CC1CN(S(=O)(=O)c2csc(C(=O)O)c2)CCC1O. The molecule has 0 spiro atoms. The van der Waals surface area contributed by atoms with Gasteiger partial charge in [0.25, 0.3) is 0 Å². The van der Waals surface area contributed by atoms with Crippen molar-refractivity contribution >= 4 is 27.3 Å². The Morgan fingerprint density at radius 2 is 2.21 bits per heavy atom. The molecule has 0 radical (unpaired) electrons. The lowest BCUT2D eigenvalue weighted by atomic mass is 9.99. The molecule has 0 amide bonds. The second-order valence-corrected chi connectivity index (χ2v) is 7.50. The quantitative estimate of drug-likeness (QED) is 0.863. The molecule has 1 fully saturated rings. The zero-order valence-electron chi connectivity index (χ0n) is 10.3. The molecule has 1 aliphatic heterocycles. The van der Waals surface area contributed by atoms with Crippen LogP contribution in [0.15, 0.2) is 16.3 Å². The molecule has 2 rings (SSSR count). The third-order valence-electron chi connectivity index (χ3n) is 3.25. The second kappa shape index (κ2) is 5.20. The molecule has 2 N–H and O–H groups in total. The van der Waals surface area contributed by atoms with Crippen molar-refractivity contribution in [3.63, 3.8) is 0 Å². The number of aromatic carboxylic acids is 1. The van der Waals surface area contributed by atoms with Crippen LogP contribution in [0.3, 0.4) is 0 Å². The molecule has 8 heteroatoms. The summed E-state index contributed by atoms with van der Waals surface area (Å²) >= 11 is 0.895. The summed E-state index contributed by atoms with van der Waals surface area (Å²) in [5, 5.41) is 19.8. The number of rotatable bonds is 3. The predicted octanol–water partition coefficient (Wildman–Crippen LogP) is 0.838. The van der Waals surface area contributed by atoms with Crippen LogP contribution in [0.1, 0.15) is 23.0 Å². The summed E-state index contributed by atoms with van der Waals surface area (Å²) in [7, 11) is -3.66. The minimum Gasteiger partial charge on any atom is -0.477 e. The summed E-state index contributed by atoms with van der Waals surface area (Å²) in [6, 6.07) is 1.18. The summed E-state index contributed by atoms with van der Waals surface area (Å²) in [6.07, 6.45) is -0.0837. The summed E-state index contributed by atoms with van der Waals surface area (Å²) in [5.41, 5.74) is 0. The van der Waals surface area contributed by atoms with Gasteiger partial charge in [-0.2, -0.15) is 4.31 Å². The lowest BCUT2D eigenvalue weighted by Gasteiger charge is -2.33. The Balaban J connectivity index is 2.24. The van der Waals surface area contributed by atoms with Gasteiger partial charge in [-0.1, -0.05) is 6.92 Å². The molecule has 0 aliphatic carbocycles. The minimum absolute atomic E-state index is 0.00340. The number of nitrogens with zero attached hydrogens (tertiary/aromatic N) is 1. The number of hydrogen-bond donors (Lipinski definition) is 2. The van der Waals surface area contributed by atoms with Gasteiger partial charge in [-0.05, 0) is 18.4 Å². The molecular formula is C11H15NO5S2. The molecular weight excluding hydrogens is 290 g/mol. The molecule has 1 aliphatic rings. The van der Waals surface area contributed by atoms with Crippen molar-refractivity contribution in [2.75, 3.05) is 13.1 Å². The van der Waals surface area contributed by atoms with Crippen LogP contribution in [0.2, 0.25) is 0 Å². The van der Waals surface area contributed by atoms with E-state index in [2.05, 4.69) is 0 Å². The van der Waals surface area contributed by atoms with E-state index >= 15 is 0 Å².